The third-order valence-electron chi connectivity index (χ3n) is 3.34. The van der Waals surface area contributed by atoms with Crippen molar-refractivity contribution in [3.8, 4) is 0 Å². The summed E-state index contributed by atoms with van der Waals surface area (Å²) in [6, 6.07) is 5.91. The molecule has 2 rings (SSSR count). The predicted molar refractivity (Wildman–Crippen MR) is 85.7 cm³/mol. The van der Waals surface area contributed by atoms with E-state index in [0.29, 0.717) is 5.75 Å². The minimum absolute atomic E-state index is 0.0356. The summed E-state index contributed by atoms with van der Waals surface area (Å²) in [5.41, 5.74) is 3.22. The van der Waals surface area contributed by atoms with Crippen LogP contribution in [0.2, 0.25) is 0 Å². The Morgan fingerprint density at radius 3 is 2.67 bits per heavy atom. The number of anilines is 1. The molecular formula is C15H20N4OS. The van der Waals surface area contributed by atoms with Gasteiger partial charge in [0.25, 0.3) is 0 Å². The van der Waals surface area contributed by atoms with Gasteiger partial charge in [-0.2, -0.15) is 0 Å². The molecule has 1 aromatic carbocycles. The normalized spacial score (nSPS) is 10.7. The summed E-state index contributed by atoms with van der Waals surface area (Å²) >= 11 is 1.40. The summed E-state index contributed by atoms with van der Waals surface area (Å²) in [5.74, 6) is 1.16. The number of nitrogens with zero attached hydrogens (tertiary/aromatic N) is 3. The van der Waals surface area contributed by atoms with Crippen molar-refractivity contribution in [1.82, 2.24) is 14.8 Å². The fourth-order valence-corrected chi connectivity index (χ4v) is 2.83. The highest BCUT2D eigenvalue weighted by atomic mass is 32.2. The molecule has 1 aromatic heterocycles. The van der Waals surface area contributed by atoms with Crippen molar-refractivity contribution in [2.45, 2.75) is 39.4 Å². The maximum absolute atomic E-state index is 12.0. The predicted octanol–water partition coefficient (Wildman–Crippen LogP) is 2.95. The minimum Gasteiger partial charge on any atom is -0.325 e. The standard InChI is InChI=1S/C15H20N4OS/c1-5-19-12(4)17-18-15(19)21-9-14(20)16-13-7-6-10(2)11(3)8-13/h6-8H,5,9H2,1-4H3,(H,16,20). The number of hydrogen-bond acceptors (Lipinski definition) is 4. The van der Waals surface area contributed by atoms with Crippen LogP contribution < -0.4 is 5.32 Å². The van der Waals surface area contributed by atoms with Crippen molar-refractivity contribution in [2.24, 2.45) is 0 Å². The second-order valence-electron chi connectivity index (χ2n) is 4.91. The second kappa shape index (κ2) is 6.76. The van der Waals surface area contributed by atoms with Gasteiger partial charge in [0.2, 0.25) is 5.91 Å². The average Bonchev–Trinajstić information content (AvgIpc) is 2.81. The Hall–Kier alpha value is -1.82. The van der Waals surface area contributed by atoms with E-state index >= 15 is 0 Å². The first-order valence-electron chi connectivity index (χ1n) is 6.91. The molecule has 21 heavy (non-hydrogen) atoms. The number of benzene rings is 1. The Bertz CT molecular complexity index is 651. The zero-order chi connectivity index (χ0) is 15.4. The number of aromatic nitrogens is 3. The number of carbonyl (C=O) groups is 1. The van der Waals surface area contributed by atoms with Crippen LogP contribution in [0.5, 0.6) is 0 Å². The Labute approximate surface area is 129 Å². The summed E-state index contributed by atoms with van der Waals surface area (Å²) in [6.45, 7) is 8.84. The lowest BCUT2D eigenvalue weighted by Crippen LogP contribution is -2.14. The third-order valence-corrected chi connectivity index (χ3v) is 4.31. The van der Waals surface area contributed by atoms with Gasteiger partial charge in [0, 0.05) is 12.2 Å². The van der Waals surface area contributed by atoms with Crippen LogP contribution in [0.3, 0.4) is 0 Å². The third kappa shape index (κ3) is 3.85. The van der Waals surface area contributed by atoms with E-state index in [0.717, 1.165) is 23.2 Å². The highest BCUT2D eigenvalue weighted by Crippen LogP contribution is 2.18. The molecular weight excluding hydrogens is 284 g/mol. The summed E-state index contributed by atoms with van der Waals surface area (Å²) in [5, 5.41) is 11.8. The molecule has 1 N–H and O–H groups in total. The van der Waals surface area contributed by atoms with E-state index in [-0.39, 0.29) is 5.91 Å². The van der Waals surface area contributed by atoms with Gasteiger partial charge in [0.05, 0.1) is 5.75 Å². The fourth-order valence-electron chi connectivity index (χ4n) is 1.98. The topological polar surface area (TPSA) is 59.8 Å². The van der Waals surface area contributed by atoms with Crippen LogP contribution in [-0.2, 0) is 11.3 Å². The van der Waals surface area contributed by atoms with E-state index in [1.54, 1.807) is 0 Å². The zero-order valence-corrected chi connectivity index (χ0v) is 13.6. The number of hydrogen-bond donors (Lipinski definition) is 1. The fraction of sp³-hybridized carbons (Fsp3) is 0.400. The van der Waals surface area contributed by atoms with Gasteiger partial charge in [-0.25, -0.2) is 0 Å². The van der Waals surface area contributed by atoms with E-state index < -0.39 is 0 Å². The lowest BCUT2D eigenvalue weighted by atomic mass is 10.1. The highest BCUT2D eigenvalue weighted by molar-refractivity contribution is 7.99. The van der Waals surface area contributed by atoms with Gasteiger partial charge in [0.15, 0.2) is 5.16 Å². The molecule has 0 aliphatic heterocycles. The first kappa shape index (κ1) is 15.6. The summed E-state index contributed by atoms with van der Waals surface area (Å²) in [6.07, 6.45) is 0. The molecule has 0 unspecified atom stereocenters. The van der Waals surface area contributed by atoms with Crippen LogP contribution in [0, 0.1) is 20.8 Å². The monoisotopic (exact) mass is 304 g/mol. The van der Waals surface area contributed by atoms with E-state index in [9.17, 15) is 4.79 Å². The molecule has 112 valence electrons. The largest absolute Gasteiger partial charge is 0.325 e. The maximum atomic E-state index is 12.0. The first-order valence-corrected chi connectivity index (χ1v) is 7.89. The van der Waals surface area contributed by atoms with Gasteiger partial charge < -0.3 is 9.88 Å². The minimum atomic E-state index is -0.0356. The second-order valence-corrected chi connectivity index (χ2v) is 5.85. The number of aryl methyl sites for hydroxylation is 3. The quantitative estimate of drug-likeness (QED) is 0.863. The highest BCUT2D eigenvalue weighted by Gasteiger charge is 2.10. The molecule has 0 atom stereocenters. The van der Waals surface area contributed by atoms with Crippen LogP contribution in [0.1, 0.15) is 23.9 Å². The number of thioether (sulfide) groups is 1. The molecule has 0 fully saturated rings. The molecule has 0 aliphatic rings. The van der Waals surface area contributed by atoms with Crippen LogP contribution in [0.4, 0.5) is 5.69 Å². The number of rotatable bonds is 5. The summed E-state index contributed by atoms with van der Waals surface area (Å²) in [4.78, 5) is 12.0. The van der Waals surface area contributed by atoms with Gasteiger partial charge in [-0.3, -0.25) is 4.79 Å². The Kier molecular flexibility index (Phi) is 5.01. The molecule has 0 saturated carbocycles. The molecule has 0 radical (unpaired) electrons. The number of carbonyl (C=O) groups excluding carboxylic acids is 1. The van der Waals surface area contributed by atoms with Gasteiger partial charge in [-0.05, 0) is 51.0 Å². The van der Waals surface area contributed by atoms with Crippen LogP contribution in [-0.4, -0.2) is 26.4 Å². The zero-order valence-electron chi connectivity index (χ0n) is 12.8. The molecule has 0 saturated heterocycles. The SMILES string of the molecule is CCn1c(C)nnc1SCC(=O)Nc1ccc(C)c(C)c1. The van der Waals surface area contributed by atoms with Crippen molar-refractivity contribution in [3.05, 3.63) is 35.2 Å². The first-order chi connectivity index (χ1) is 10.0. The number of amides is 1. The Morgan fingerprint density at radius 2 is 2.00 bits per heavy atom. The van der Waals surface area contributed by atoms with E-state index in [4.69, 9.17) is 0 Å². The van der Waals surface area contributed by atoms with Crippen molar-refractivity contribution in [1.29, 1.82) is 0 Å². The van der Waals surface area contributed by atoms with Crippen LogP contribution >= 0.6 is 11.8 Å². The van der Waals surface area contributed by atoms with Crippen LogP contribution in [0.25, 0.3) is 0 Å². The van der Waals surface area contributed by atoms with Gasteiger partial charge in [0.1, 0.15) is 5.82 Å². The Morgan fingerprint density at radius 1 is 1.24 bits per heavy atom. The molecule has 0 spiro atoms. The van der Waals surface area contributed by atoms with E-state index in [1.165, 1.54) is 22.9 Å². The van der Waals surface area contributed by atoms with Crippen molar-refractivity contribution >= 4 is 23.4 Å². The van der Waals surface area contributed by atoms with Gasteiger partial charge in [-0.1, -0.05) is 17.8 Å². The molecule has 2 aromatic rings. The Balaban J connectivity index is 1.94. The van der Waals surface area contributed by atoms with Gasteiger partial charge >= 0.3 is 0 Å². The number of nitrogens with one attached hydrogen (secondary N) is 1. The molecule has 0 aliphatic carbocycles. The van der Waals surface area contributed by atoms with E-state index in [1.807, 2.05) is 43.5 Å². The average molecular weight is 304 g/mol. The molecule has 5 nitrogen and oxygen atoms in total. The summed E-state index contributed by atoms with van der Waals surface area (Å²) < 4.78 is 1.99. The van der Waals surface area contributed by atoms with E-state index in [2.05, 4.69) is 22.4 Å². The van der Waals surface area contributed by atoms with Crippen molar-refractivity contribution < 1.29 is 4.79 Å². The molecule has 1 amide bonds. The van der Waals surface area contributed by atoms with Crippen molar-refractivity contribution in [3.63, 3.8) is 0 Å². The van der Waals surface area contributed by atoms with Crippen molar-refractivity contribution in [2.75, 3.05) is 11.1 Å². The molecule has 1 heterocycles. The van der Waals surface area contributed by atoms with Gasteiger partial charge in [-0.15, -0.1) is 10.2 Å². The molecule has 6 heteroatoms. The summed E-state index contributed by atoms with van der Waals surface area (Å²) in [7, 11) is 0. The molecule has 0 bridgehead atoms. The lowest BCUT2D eigenvalue weighted by molar-refractivity contribution is -0.113. The van der Waals surface area contributed by atoms with Crippen LogP contribution in [0.15, 0.2) is 23.4 Å². The lowest BCUT2D eigenvalue weighted by Gasteiger charge is -2.08. The smallest absolute Gasteiger partial charge is 0.234 e. The maximum Gasteiger partial charge on any atom is 0.234 e.